The lowest BCUT2D eigenvalue weighted by molar-refractivity contribution is -0.123. The van der Waals surface area contributed by atoms with E-state index in [0.29, 0.717) is 18.5 Å². The van der Waals surface area contributed by atoms with Crippen LogP contribution in [0.3, 0.4) is 0 Å². The fraction of sp³-hybridized carbons (Fsp3) is 0.632. The van der Waals surface area contributed by atoms with Gasteiger partial charge in [0, 0.05) is 19.1 Å². The molecule has 3 unspecified atom stereocenters. The summed E-state index contributed by atoms with van der Waals surface area (Å²) < 4.78 is 0. The molecule has 1 saturated carbocycles. The predicted molar refractivity (Wildman–Crippen MR) is 107 cm³/mol. The Labute approximate surface area is 163 Å². The maximum atomic E-state index is 12.4. The molecule has 2 fully saturated rings. The fourth-order valence-corrected chi connectivity index (χ4v) is 4.04. The van der Waals surface area contributed by atoms with Crippen molar-refractivity contribution in [1.29, 1.82) is 0 Å². The number of rotatable bonds is 5. The van der Waals surface area contributed by atoms with E-state index in [2.05, 4.69) is 53.9 Å². The summed E-state index contributed by atoms with van der Waals surface area (Å²) in [6, 6.07) is 9.05. The first-order valence-electron chi connectivity index (χ1n) is 8.88. The number of carbonyl (C=O) groups excluding carboxylic acids is 1. The van der Waals surface area contributed by atoms with Crippen molar-refractivity contribution in [2.45, 2.75) is 57.3 Å². The van der Waals surface area contributed by atoms with Gasteiger partial charge < -0.3 is 15.5 Å². The Hall–Kier alpha value is -0.810. The molecule has 25 heavy (non-hydrogen) atoms. The first-order valence-corrected chi connectivity index (χ1v) is 8.88. The number of nitrogens with one attached hydrogen (secondary N) is 2. The molecule has 1 aromatic rings. The topological polar surface area (TPSA) is 44.4 Å². The van der Waals surface area contributed by atoms with Crippen molar-refractivity contribution in [1.82, 2.24) is 15.5 Å². The van der Waals surface area contributed by atoms with Gasteiger partial charge in [-0.2, -0.15) is 0 Å². The monoisotopic (exact) mass is 387 g/mol. The van der Waals surface area contributed by atoms with Crippen LogP contribution in [0.1, 0.15) is 43.2 Å². The van der Waals surface area contributed by atoms with Gasteiger partial charge in [0.15, 0.2) is 0 Å². The maximum absolute atomic E-state index is 12.4. The summed E-state index contributed by atoms with van der Waals surface area (Å²) in [5.74, 6) is 0.875. The Kier molecular flexibility index (Phi) is 9.22. The average molecular weight is 388 g/mol. The molecule has 3 atom stereocenters. The summed E-state index contributed by atoms with van der Waals surface area (Å²) in [5.41, 5.74) is 2.46. The van der Waals surface area contributed by atoms with Crippen molar-refractivity contribution in [2.75, 3.05) is 14.1 Å². The van der Waals surface area contributed by atoms with Crippen LogP contribution >= 0.6 is 24.8 Å². The third-order valence-corrected chi connectivity index (χ3v) is 5.14. The van der Waals surface area contributed by atoms with E-state index in [1.54, 1.807) is 0 Å². The molecule has 0 aromatic heterocycles. The third-order valence-electron chi connectivity index (χ3n) is 5.14. The molecule has 0 radical (unpaired) electrons. The number of nitrogens with zero attached hydrogens (tertiary/aromatic N) is 1. The molecule has 1 aromatic carbocycles. The van der Waals surface area contributed by atoms with Crippen LogP contribution in [0.5, 0.6) is 0 Å². The van der Waals surface area contributed by atoms with Gasteiger partial charge in [0.05, 0.1) is 6.04 Å². The van der Waals surface area contributed by atoms with Gasteiger partial charge in [-0.3, -0.25) is 4.79 Å². The molecular weight excluding hydrogens is 357 g/mol. The van der Waals surface area contributed by atoms with Crippen molar-refractivity contribution < 1.29 is 4.79 Å². The normalized spacial score (nSPS) is 24.8. The molecule has 142 valence electrons. The van der Waals surface area contributed by atoms with E-state index >= 15 is 0 Å². The number of carbonyl (C=O) groups is 1. The van der Waals surface area contributed by atoms with Crippen molar-refractivity contribution in [3.8, 4) is 0 Å². The van der Waals surface area contributed by atoms with Gasteiger partial charge in [-0.15, -0.1) is 24.8 Å². The summed E-state index contributed by atoms with van der Waals surface area (Å²) >= 11 is 0. The second-order valence-corrected chi connectivity index (χ2v) is 7.38. The number of hydrogen-bond acceptors (Lipinski definition) is 3. The molecule has 0 spiro atoms. The largest absolute Gasteiger partial charge is 0.351 e. The average Bonchev–Trinajstić information content (AvgIpc) is 2.96. The first-order chi connectivity index (χ1) is 11.1. The lowest BCUT2D eigenvalue weighted by Crippen LogP contribution is -2.42. The van der Waals surface area contributed by atoms with Crippen molar-refractivity contribution in [3.05, 3.63) is 35.4 Å². The molecular formula is C19H31Cl2N3O. The fourth-order valence-electron chi connectivity index (χ4n) is 4.04. The number of hydrogen-bond donors (Lipinski definition) is 2. The highest BCUT2D eigenvalue weighted by Gasteiger charge is 2.37. The molecule has 4 nitrogen and oxygen atoms in total. The van der Waals surface area contributed by atoms with E-state index in [-0.39, 0.29) is 36.8 Å². The molecule has 2 N–H and O–H groups in total. The number of amides is 1. The molecule has 1 heterocycles. The second kappa shape index (κ2) is 10.4. The Balaban J connectivity index is 0.00000156. The van der Waals surface area contributed by atoms with Crippen LogP contribution < -0.4 is 10.6 Å². The highest BCUT2D eigenvalue weighted by molar-refractivity contribution is 5.85. The smallest absolute Gasteiger partial charge is 0.237 e. The predicted octanol–water partition coefficient (Wildman–Crippen LogP) is 3.13. The summed E-state index contributed by atoms with van der Waals surface area (Å²) in [4.78, 5) is 14.6. The minimum Gasteiger partial charge on any atom is -0.351 e. The van der Waals surface area contributed by atoms with Gasteiger partial charge in [-0.25, -0.2) is 0 Å². The van der Waals surface area contributed by atoms with Gasteiger partial charge in [-0.1, -0.05) is 37.1 Å². The van der Waals surface area contributed by atoms with Crippen LogP contribution in [0.2, 0.25) is 0 Å². The van der Waals surface area contributed by atoms with Crippen molar-refractivity contribution >= 4 is 30.7 Å². The summed E-state index contributed by atoms with van der Waals surface area (Å²) in [6.45, 7) is 1.54. The number of halogens is 2. The van der Waals surface area contributed by atoms with E-state index in [0.717, 1.165) is 13.0 Å². The molecule has 1 amide bonds. The van der Waals surface area contributed by atoms with Gasteiger partial charge in [-0.05, 0) is 50.4 Å². The standard InChI is InChI=1S/C19H29N3O.2ClH/c1-22(2)13-15-7-5-6-14(10-15)12-20-19(23)18-11-16-8-3-4-9-17(16)21-18;;/h5-7,10,16-18,21H,3-4,8-9,11-13H2,1-2H3,(H,20,23);2*1H. The Bertz CT molecular complexity index is 539. The van der Waals surface area contributed by atoms with Gasteiger partial charge >= 0.3 is 0 Å². The van der Waals surface area contributed by atoms with E-state index in [1.807, 2.05) is 0 Å². The number of fused-ring (bicyclic) bond motifs is 1. The quantitative estimate of drug-likeness (QED) is 0.815. The molecule has 2 aliphatic rings. The van der Waals surface area contributed by atoms with Crippen LogP contribution in [0.4, 0.5) is 0 Å². The molecule has 6 heteroatoms. The SMILES string of the molecule is CN(C)Cc1cccc(CNC(=O)C2CC3CCCCC3N2)c1.Cl.Cl. The first kappa shape index (κ1) is 22.2. The molecule has 0 bridgehead atoms. The van der Waals surface area contributed by atoms with Crippen LogP contribution in [0.25, 0.3) is 0 Å². The lowest BCUT2D eigenvalue weighted by Gasteiger charge is -2.24. The van der Waals surface area contributed by atoms with Crippen molar-refractivity contribution in [3.63, 3.8) is 0 Å². The molecule has 1 aliphatic heterocycles. The second-order valence-electron chi connectivity index (χ2n) is 7.38. The van der Waals surface area contributed by atoms with E-state index < -0.39 is 0 Å². The third kappa shape index (κ3) is 6.14. The zero-order valence-electron chi connectivity index (χ0n) is 15.2. The van der Waals surface area contributed by atoms with Gasteiger partial charge in [0.2, 0.25) is 5.91 Å². The minimum absolute atomic E-state index is 0. The van der Waals surface area contributed by atoms with E-state index in [4.69, 9.17) is 0 Å². The highest BCUT2D eigenvalue weighted by atomic mass is 35.5. The zero-order valence-corrected chi connectivity index (χ0v) is 16.8. The summed E-state index contributed by atoms with van der Waals surface area (Å²) in [5, 5.41) is 6.66. The van der Waals surface area contributed by atoms with E-state index in [9.17, 15) is 4.79 Å². The Morgan fingerprint density at radius 3 is 2.64 bits per heavy atom. The Morgan fingerprint density at radius 1 is 1.20 bits per heavy atom. The summed E-state index contributed by atoms with van der Waals surface area (Å²) in [6.07, 6.45) is 6.17. The van der Waals surface area contributed by atoms with Crippen LogP contribution in [-0.2, 0) is 17.9 Å². The summed E-state index contributed by atoms with van der Waals surface area (Å²) in [7, 11) is 4.14. The molecule has 1 saturated heterocycles. The Morgan fingerprint density at radius 2 is 1.92 bits per heavy atom. The van der Waals surface area contributed by atoms with Crippen LogP contribution in [0, 0.1) is 5.92 Å². The lowest BCUT2D eigenvalue weighted by atomic mass is 9.85. The van der Waals surface area contributed by atoms with Gasteiger partial charge in [0.25, 0.3) is 0 Å². The highest BCUT2D eigenvalue weighted by Crippen LogP contribution is 2.33. The molecule has 3 rings (SSSR count). The minimum atomic E-state index is 0. The van der Waals surface area contributed by atoms with Crippen LogP contribution in [-0.4, -0.2) is 37.0 Å². The van der Waals surface area contributed by atoms with Crippen molar-refractivity contribution in [2.24, 2.45) is 5.92 Å². The molecule has 1 aliphatic carbocycles. The van der Waals surface area contributed by atoms with E-state index in [1.165, 1.54) is 36.8 Å². The number of benzene rings is 1. The maximum Gasteiger partial charge on any atom is 0.237 e. The zero-order chi connectivity index (χ0) is 16.2. The van der Waals surface area contributed by atoms with Crippen LogP contribution in [0.15, 0.2) is 24.3 Å². The van der Waals surface area contributed by atoms with Gasteiger partial charge in [0.1, 0.15) is 0 Å².